The number of rotatable bonds is 10. The minimum Gasteiger partial charge on any atom is -0.491 e. The Bertz CT molecular complexity index is 899. The Morgan fingerprint density at radius 1 is 1.34 bits per heavy atom. The minimum absolute atomic E-state index is 0.137. The highest BCUT2D eigenvalue weighted by atomic mass is 16.5. The van der Waals surface area contributed by atoms with Crippen molar-refractivity contribution in [3.8, 4) is 17.0 Å². The van der Waals surface area contributed by atoms with E-state index in [1.165, 1.54) is 6.21 Å². The highest BCUT2D eigenvalue weighted by Gasteiger charge is 2.23. The lowest BCUT2D eigenvalue weighted by atomic mass is 10.0. The molecule has 0 saturated carbocycles. The molecule has 1 aliphatic heterocycles. The van der Waals surface area contributed by atoms with Crippen LogP contribution in [0.1, 0.15) is 32.3 Å². The van der Waals surface area contributed by atoms with Gasteiger partial charge in [0.2, 0.25) is 0 Å². The van der Waals surface area contributed by atoms with Crippen LogP contribution in [-0.2, 0) is 4.74 Å². The first-order chi connectivity index (χ1) is 15.4. The quantitative estimate of drug-likeness (QED) is 0.419. The largest absolute Gasteiger partial charge is 0.491 e. The van der Waals surface area contributed by atoms with Gasteiger partial charge in [-0.3, -0.25) is 0 Å². The first kappa shape index (κ1) is 24.0. The highest BCUT2D eigenvalue weighted by molar-refractivity contribution is 5.94. The van der Waals surface area contributed by atoms with Gasteiger partial charge in [-0.15, -0.1) is 0 Å². The highest BCUT2D eigenvalue weighted by Crippen LogP contribution is 2.34. The summed E-state index contributed by atoms with van der Waals surface area (Å²) >= 11 is 0. The van der Waals surface area contributed by atoms with Crippen LogP contribution in [0, 0.1) is 5.41 Å². The van der Waals surface area contributed by atoms with Crippen molar-refractivity contribution in [2.45, 2.75) is 44.9 Å². The van der Waals surface area contributed by atoms with E-state index in [2.05, 4.69) is 31.1 Å². The third-order valence-corrected chi connectivity index (χ3v) is 5.57. The number of nitrogens with zero attached hydrogens (tertiary/aromatic N) is 2. The number of ether oxygens (including phenoxy) is 2. The van der Waals surface area contributed by atoms with Crippen LogP contribution in [0.25, 0.3) is 11.3 Å². The molecule has 1 atom stereocenters. The first-order valence-corrected chi connectivity index (χ1v) is 11.2. The number of hydrogen-bond acceptors (Lipinski definition) is 8. The summed E-state index contributed by atoms with van der Waals surface area (Å²) in [6, 6.07) is 10.2. The van der Waals surface area contributed by atoms with E-state index in [9.17, 15) is 5.11 Å². The molecule has 0 unspecified atom stereocenters. The van der Waals surface area contributed by atoms with E-state index < -0.39 is 6.10 Å². The van der Waals surface area contributed by atoms with Crippen LogP contribution in [0.4, 0.5) is 11.5 Å². The number of anilines is 2. The Kier molecular flexibility index (Phi) is 8.44. The van der Waals surface area contributed by atoms with Gasteiger partial charge in [0.25, 0.3) is 0 Å². The average Bonchev–Trinajstić information content (AvgIpc) is 2.81. The van der Waals surface area contributed by atoms with Gasteiger partial charge < -0.3 is 35.9 Å². The summed E-state index contributed by atoms with van der Waals surface area (Å²) < 4.78 is 11.2. The van der Waals surface area contributed by atoms with Gasteiger partial charge >= 0.3 is 0 Å². The van der Waals surface area contributed by atoms with Crippen molar-refractivity contribution in [1.82, 2.24) is 4.98 Å². The third kappa shape index (κ3) is 5.97. The van der Waals surface area contributed by atoms with Crippen molar-refractivity contribution in [2.24, 2.45) is 5.73 Å². The molecule has 0 spiro atoms. The molecule has 0 aliphatic carbocycles. The van der Waals surface area contributed by atoms with Crippen molar-refractivity contribution in [2.75, 3.05) is 43.6 Å². The summed E-state index contributed by atoms with van der Waals surface area (Å²) in [5, 5.41) is 21.2. The molecule has 174 valence electrons. The van der Waals surface area contributed by atoms with Crippen LogP contribution >= 0.6 is 0 Å². The maximum absolute atomic E-state index is 9.70. The van der Waals surface area contributed by atoms with Crippen LogP contribution in [0.15, 0.2) is 30.3 Å². The van der Waals surface area contributed by atoms with E-state index in [1.54, 1.807) is 0 Å². The Morgan fingerprint density at radius 3 is 2.75 bits per heavy atom. The summed E-state index contributed by atoms with van der Waals surface area (Å²) in [5.74, 6) is 1.33. The first-order valence-electron chi connectivity index (χ1n) is 11.2. The number of aromatic nitrogens is 1. The molecule has 1 aromatic heterocycles. The van der Waals surface area contributed by atoms with Crippen LogP contribution in [0.3, 0.4) is 0 Å². The van der Waals surface area contributed by atoms with Gasteiger partial charge in [-0.2, -0.15) is 0 Å². The normalized spacial score (nSPS) is 15.4. The summed E-state index contributed by atoms with van der Waals surface area (Å²) in [7, 11) is 2.08. The molecule has 8 nitrogen and oxygen atoms in total. The van der Waals surface area contributed by atoms with Crippen molar-refractivity contribution >= 4 is 17.7 Å². The lowest BCUT2D eigenvalue weighted by Crippen LogP contribution is -2.37. The molecule has 2 heterocycles. The molecular formula is C24H35N5O3. The van der Waals surface area contributed by atoms with E-state index in [1.807, 2.05) is 30.3 Å². The molecular weight excluding hydrogens is 406 g/mol. The molecule has 2 aromatic rings. The lowest BCUT2D eigenvalue weighted by molar-refractivity contribution is 0.0855. The number of hydrogen-bond donors (Lipinski definition) is 4. The van der Waals surface area contributed by atoms with Gasteiger partial charge in [0, 0.05) is 50.7 Å². The van der Waals surface area contributed by atoms with E-state index in [-0.39, 0.29) is 19.2 Å². The maximum atomic E-state index is 9.70. The van der Waals surface area contributed by atoms with E-state index in [0.29, 0.717) is 17.6 Å². The number of benzene rings is 1. The molecule has 0 bridgehead atoms. The van der Waals surface area contributed by atoms with Crippen LogP contribution < -0.4 is 20.7 Å². The number of aliphatic hydroxyl groups excluding tert-OH is 1. The molecule has 1 fully saturated rings. The molecule has 0 radical (unpaired) electrons. The minimum atomic E-state index is -0.703. The van der Waals surface area contributed by atoms with Gasteiger partial charge in [-0.25, -0.2) is 4.98 Å². The lowest BCUT2D eigenvalue weighted by Gasteiger charge is -2.34. The van der Waals surface area contributed by atoms with Crippen LogP contribution in [0.2, 0.25) is 0 Å². The number of aliphatic hydroxyl groups is 1. The Labute approximate surface area is 190 Å². The molecule has 32 heavy (non-hydrogen) atoms. The summed E-state index contributed by atoms with van der Waals surface area (Å²) in [4.78, 5) is 7.10. The molecule has 1 aromatic carbocycles. The van der Waals surface area contributed by atoms with Gasteiger partial charge in [0.1, 0.15) is 24.3 Å². The third-order valence-electron chi connectivity index (χ3n) is 5.57. The Hall–Kier alpha value is -2.68. The van der Waals surface area contributed by atoms with Crippen LogP contribution in [0.5, 0.6) is 5.75 Å². The van der Waals surface area contributed by atoms with Crippen molar-refractivity contribution in [3.63, 3.8) is 0 Å². The molecule has 3 rings (SSSR count). The molecule has 0 amide bonds. The maximum Gasteiger partial charge on any atom is 0.137 e. The Morgan fingerprint density at radius 2 is 2.09 bits per heavy atom. The second kappa shape index (κ2) is 11.3. The van der Waals surface area contributed by atoms with Crippen molar-refractivity contribution in [1.29, 1.82) is 5.41 Å². The van der Waals surface area contributed by atoms with E-state index in [4.69, 9.17) is 25.6 Å². The van der Waals surface area contributed by atoms with Gasteiger partial charge in [-0.05, 0) is 44.9 Å². The van der Waals surface area contributed by atoms with Gasteiger partial charge in [-0.1, -0.05) is 12.1 Å². The Balaban J connectivity index is 2.01. The zero-order valence-corrected chi connectivity index (χ0v) is 19.2. The molecule has 1 saturated heterocycles. The molecule has 1 aliphatic rings. The fraction of sp³-hybridized carbons (Fsp3) is 0.500. The van der Waals surface area contributed by atoms with Gasteiger partial charge in [0.15, 0.2) is 0 Å². The summed E-state index contributed by atoms with van der Waals surface area (Å²) in [6.07, 6.45) is 2.57. The van der Waals surface area contributed by atoms with E-state index >= 15 is 0 Å². The second-order valence-electron chi connectivity index (χ2n) is 8.42. The molecule has 8 heteroatoms. The summed E-state index contributed by atoms with van der Waals surface area (Å²) in [5.41, 5.74) is 8.89. The number of nitrogens with one attached hydrogen (secondary N) is 2. The second-order valence-corrected chi connectivity index (χ2v) is 8.42. The average molecular weight is 442 g/mol. The SMILES string of the molecule is CC(C)Nc1nc(-c2cccc(OC[C@@H](O)CN)c2)cc(N(C)C2CCOCC2)c1C=N. The fourth-order valence-electron chi connectivity index (χ4n) is 3.78. The summed E-state index contributed by atoms with van der Waals surface area (Å²) in [6.45, 7) is 5.90. The standard InChI is InChI=1S/C24H35N5O3/c1-16(2)27-24-21(14-26)23(29(3)18-7-9-31-10-8-18)12-22(28-24)17-5-4-6-20(11-17)32-15-19(30)13-25/h4-6,11-12,14,16,18-19,26,30H,7-10,13,15,25H2,1-3H3,(H,27,28)/t19-/m0/s1. The number of pyridine rings is 1. The zero-order valence-electron chi connectivity index (χ0n) is 19.2. The smallest absolute Gasteiger partial charge is 0.137 e. The van der Waals surface area contributed by atoms with E-state index in [0.717, 1.165) is 48.6 Å². The monoisotopic (exact) mass is 441 g/mol. The van der Waals surface area contributed by atoms with Gasteiger partial charge in [0.05, 0.1) is 16.9 Å². The fourth-order valence-corrected chi connectivity index (χ4v) is 3.78. The predicted molar refractivity (Wildman–Crippen MR) is 129 cm³/mol. The van der Waals surface area contributed by atoms with Crippen LogP contribution in [-0.4, -0.2) is 67.9 Å². The predicted octanol–water partition coefficient (Wildman–Crippen LogP) is 2.88. The van der Waals surface area contributed by atoms with Crippen molar-refractivity contribution < 1.29 is 14.6 Å². The zero-order chi connectivity index (χ0) is 23.1. The van der Waals surface area contributed by atoms with Crippen molar-refractivity contribution in [3.05, 3.63) is 35.9 Å². The topological polar surface area (TPSA) is 117 Å². The molecule has 5 N–H and O–H groups in total. The number of nitrogens with two attached hydrogens (primary N) is 1.